The molecular weight excluding hydrogens is 310 g/mol. The highest BCUT2D eigenvalue weighted by Crippen LogP contribution is 2.24. The SMILES string of the molecule is CC1=CC=C2CC(N3CCCC3)=NC(C/C=C\C=C/CO)=NC2C=C1. The molecule has 0 amide bonds. The van der Waals surface area contributed by atoms with Gasteiger partial charge < -0.3 is 10.0 Å². The van der Waals surface area contributed by atoms with Crippen LogP contribution in [0, 0.1) is 0 Å². The van der Waals surface area contributed by atoms with Crippen LogP contribution in [0.25, 0.3) is 0 Å². The van der Waals surface area contributed by atoms with E-state index in [0.29, 0.717) is 6.42 Å². The molecule has 0 bridgehead atoms. The van der Waals surface area contributed by atoms with Crippen molar-refractivity contribution < 1.29 is 5.11 Å². The van der Waals surface area contributed by atoms with Gasteiger partial charge in [0.05, 0.1) is 12.6 Å². The summed E-state index contributed by atoms with van der Waals surface area (Å²) in [6.45, 7) is 4.39. The molecule has 1 saturated heterocycles. The van der Waals surface area contributed by atoms with Gasteiger partial charge in [-0.15, -0.1) is 0 Å². The molecule has 1 atom stereocenters. The molecule has 1 fully saturated rings. The lowest BCUT2D eigenvalue weighted by atomic mass is 10.0. The summed E-state index contributed by atoms with van der Waals surface area (Å²) in [6, 6.07) is 0.0777. The predicted octanol–water partition coefficient (Wildman–Crippen LogP) is 3.59. The van der Waals surface area contributed by atoms with E-state index in [1.165, 1.54) is 24.0 Å². The number of aliphatic imine (C=N–C) groups is 2. The number of amidine groups is 2. The van der Waals surface area contributed by atoms with E-state index >= 15 is 0 Å². The molecule has 25 heavy (non-hydrogen) atoms. The smallest absolute Gasteiger partial charge is 0.130 e. The van der Waals surface area contributed by atoms with Crippen molar-refractivity contribution in [3.05, 3.63) is 59.8 Å². The molecule has 4 nitrogen and oxygen atoms in total. The number of aliphatic hydroxyl groups excluding tert-OH is 1. The first-order chi connectivity index (χ1) is 12.3. The van der Waals surface area contributed by atoms with Gasteiger partial charge in [-0.3, -0.25) is 4.99 Å². The molecule has 4 heteroatoms. The van der Waals surface area contributed by atoms with Gasteiger partial charge in [0, 0.05) is 25.9 Å². The molecule has 0 aromatic rings. The highest BCUT2D eigenvalue weighted by Gasteiger charge is 2.23. The quantitative estimate of drug-likeness (QED) is 0.797. The minimum absolute atomic E-state index is 0.0654. The lowest BCUT2D eigenvalue weighted by Crippen LogP contribution is -2.29. The first-order valence-corrected chi connectivity index (χ1v) is 9.13. The first-order valence-electron chi connectivity index (χ1n) is 9.13. The zero-order chi connectivity index (χ0) is 17.5. The van der Waals surface area contributed by atoms with Gasteiger partial charge in [-0.25, -0.2) is 4.99 Å². The lowest BCUT2D eigenvalue weighted by Gasteiger charge is -2.20. The molecule has 1 aliphatic carbocycles. The highest BCUT2D eigenvalue weighted by atomic mass is 16.2. The van der Waals surface area contributed by atoms with Crippen molar-refractivity contribution in [2.24, 2.45) is 9.98 Å². The highest BCUT2D eigenvalue weighted by molar-refractivity contribution is 6.00. The van der Waals surface area contributed by atoms with Crippen molar-refractivity contribution in [2.75, 3.05) is 19.7 Å². The topological polar surface area (TPSA) is 48.2 Å². The molecule has 0 radical (unpaired) electrons. The van der Waals surface area contributed by atoms with Crippen molar-refractivity contribution in [1.82, 2.24) is 4.90 Å². The monoisotopic (exact) mass is 337 g/mol. The van der Waals surface area contributed by atoms with Crippen LogP contribution in [0.3, 0.4) is 0 Å². The lowest BCUT2D eigenvalue weighted by molar-refractivity contribution is 0.343. The first kappa shape index (κ1) is 17.6. The zero-order valence-corrected chi connectivity index (χ0v) is 14.9. The van der Waals surface area contributed by atoms with Gasteiger partial charge in [-0.05, 0) is 25.3 Å². The fourth-order valence-corrected chi connectivity index (χ4v) is 3.26. The third-order valence-corrected chi connectivity index (χ3v) is 4.65. The minimum atomic E-state index is 0.0654. The van der Waals surface area contributed by atoms with Crippen LogP contribution in [0.15, 0.2) is 69.7 Å². The van der Waals surface area contributed by atoms with Crippen molar-refractivity contribution in [2.45, 2.75) is 38.6 Å². The van der Waals surface area contributed by atoms with E-state index in [2.05, 4.69) is 42.2 Å². The number of hydrogen-bond acceptors (Lipinski definition) is 4. The van der Waals surface area contributed by atoms with Gasteiger partial charge in [-0.1, -0.05) is 54.2 Å². The normalized spacial score (nSPS) is 23.9. The third-order valence-electron chi connectivity index (χ3n) is 4.65. The van der Waals surface area contributed by atoms with E-state index in [4.69, 9.17) is 15.1 Å². The number of hydrogen-bond donors (Lipinski definition) is 1. The summed E-state index contributed by atoms with van der Waals surface area (Å²) < 4.78 is 0. The van der Waals surface area contributed by atoms with Crippen molar-refractivity contribution in [3.63, 3.8) is 0 Å². The standard InChI is InChI=1S/C21H27N3O/c1-17-9-11-18-16-21(24-13-5-6-14-24)23-20(22-19(18)12-10-17)8-4-2-3-7-15-25/h2-4,7,9-12,19,25H,5-6,8,13-16H2,1H3/b4-2-,7-3-. The molecule has 2 aliphatic heterocycles. The molecule has 1 N–H and O–H groups in total. The van der Waals surface area contributed by atoms with Crippen LogP contribution in [-0.4, -0.2) is 47.4 Å². The van der Waals surface area contributed by atoms with E-state index in [-0.39, 0.29) is 12.6 Å². The molecule has 3 aliphatic rings. The molecule has 0 aromatic heterocycles. The molecular formula is C21H27N3O. The van der Waals surface area contributed by atoms with Crippen LogP contribution in [0.4, 0.5) is 0 Å². The number of rotatable bonds is 4. The Hall–Kier alpha value is -2.20. The number of likely N-dealkylation sites (tertiary alicyclic amines) is 1. The predicted molar refractivity (Wildman–Crippen MR) is 105 cm³/mol. The number of fused-ring (bicyclic) bond motifs is 1. The number of aliphatic hydroxyl groups is 1. The van der Waals surface area contributed by atoms with E-state index in [1.807, 2.05) is 12.2 Å². The summed E-state index contributed by atoms with van der Waals surface area (Å²) in [5, 5.41) is 8.79. The summed E-state index contributed by atoms with van der Waals surface area (Å²) in [4.78, 5) is 12.3. The minimum Gasteiger partial charge on any atom is -0.392 e. The van der Waals surface area contributed by atoms with Crippen LogP contribution in [0.1, 0.15) is 32.6 Å². The number of allylic oxidation sites excluding steroid dienone is 6. The summed E-state index contributed by atoms with van der Waals surface area (Å²) >= 11 is 0. The maximum atomic E-state index is 8.79. The van der Waals surface area contributed by atoms with Gasteiger partial charge in [0.2, 0.25) is 0 Å². The van der Waals surface area contributed by atoms with Crippen LogP contribution < -0.4 is 0 Å². The van der Waals surface area contributed by atoms with E-state index in [1.54, 1.807) is 6.08 Å². The summed E-state index contributed by atoms with van der Waals surface area (Å²) in [5.41, 5.74) is 2.57. The molecule has 0 saturated carbocycles. The Kier molecular flexibility index (Phi) is 6.18. The third kappa shape index (κ3) is 4.89. The van der Waals surface area contributed by atoms with Crippen LogP contribution in [0.5, 0.6) is 0 Å². The second kappa shape index (κ2) is 8.77. The van der Waals surface area contributed by atoms with Crippen LogP contribution >= 0.6 is 0 Å². The fourth-order valence-electron chi connectivity index (χ4n) is 3.26. The molecule has 0 spiro atoms. The largest absolute Gasteiger partial charge is 0.392 e. The maximum absolute atomic E-state index is 8.79. The van der Waals surface area contributed by atoms with E-state index in [0.717, 1.165) is 31.2 Å². The number of nitrogens with zero attached hydrogens (tertiary/aromatic N) is 3. The summed E-state index contributed by atoms with van der Waals surface area (Å²) in [5.74, 6) is 2.04. The van der Waals surface area contributed by atoms with Crippen molar-refractivity contribution in [1.29, 1.82) is 0 Å². The maximum Gasteiger partial charge on any atom is 0.130 e. The second-order valence-corrected chi connectivity index (χ2v) is 6.64. The van der Waals surface area contributed by atoms with Crippen molar-refractivity contribution in [3.8, 4) is 0 Å². The average Bonchev–Trinajstić information content (AvgIpc) is 3.02. The Bertz CT molecular complexity index is 686. The zero-order valence-electron chi connectivity index (χ0n) is 14.9. The van der Waals surface area contributed by atoms with Gasteiger partial charge >= 0.3 is 0 Å². The van der Waals surface area contributed by atoms with Gasteiger partial charge in [0.1, 0.15) is 11.7 Å². The van der Waals surface area contributed by atoms with Gasteiger partial charge in [-0.2, -0.15) is 0 Å². The van der Waals surface area contributed by atoms with Crippen molar-refractivity contribution >= 4 is 11.7 Å². The summed E-state index contributed by atoms with van der Waals surface area (Å²) in [6.07, 6.45) is 20.4. The van der Waals surface area contributed by atoms with Gasteiger partial charge in [0.25, 0.3) is 0 Å². The average molecular weight is 337 g/mol. The Morgan fingerprint density at radius 3 is 2.80 bits per heavy atom. The Labute approximate surface area is 150 Å². The summed E-state index contributed by atoms with van der Waals surface area (Å²) in [7, 11) is 0. The Morgan fingerprint density at radius 2 is 2.00 bits per heavy atom. The molecule has 0 aromatic carbocycles. The van der Waals surface area contributed by atoms with E-state index < -0.39 is 0 Å². The van der Waals surface area contributed by atoms with Crippen LogP contribution in [-0.2, 0) is 0 Å². The Balaban J connectivity index is 1.85. The van der Waals surface area contributed by atoms with Gasteiger partial charge in [0.15, 0.2) is 0 Å². The molecule has 3 rings (SSSR count). The molecule has 132 valence electrons. The molecule has 2 heterocycles. The Morgan fingerprint density at radius 1 is 1.20 bits per heavy atom. The van der Waals surface area contributed by atoms with E-state index in [9.17, 15) is 0 Å². The molecule has 1 unspecified atom stereocenters. The fraction of sp³-hybridized carbons (Fsp3) is 0.429. The van der Waals surface area contributed by atoms with Crippen LogP contribution in [0.2, 0.25) is 0 Å². The second-order valence-electron chi connectivity index (χ2n) is 6.64.